The highest BCUT2D eigenvalue weighted by Gasteiger charge is 2.61. The predicted molar refractivity (Wildman–Crippen MR) is 110 cm³/mol. The minimum absolute atomic E-state index is 0.0379. The number of oxime groups is 1. The zero-order chi connectivity index (χ0) is 22.9. The summed E-state index contributed by atoms with van der Waals surface area (Å²) in [4.78, 5) is 16.4. The third-order valence-corrected chi connectivity index (χ3v) is 5.16. The number of halogens is 5. The monoisotopic (exact) mass is 461 g/mol. The van der Waals surface area contributed by atoms with Gasteiger partial charge in [0.05, 0.1) is 11.3 Å². The Bertz CT molecular complexity index is 970. The highest BCUT2D eigenvalue weighted by atomic mass is 35.5. The van der Waals surface area contributed by atoms with Crippen LogP contribution in [-0.4, -0.2) is 23.0 Å². The van der Waals surface area contributed by atoms with E-state index in [2.05, 4.69) is 5.16 Å². The fourth-order valence-electron chi connectivity index (χ4n) is 3.12. The molecule has 0 amide bonds. The summed E-state index contributed by atoms with van der Waals surface area (Å²) in [6.45, 7) is 5.78. The summed E-state index contributed by atoms with van der Waals surface area (Å²) < 4.78 is 42.9. The predicted octanol–water partition coefficient (Wildman–Crippen LogP) is 6.85. The van der Waals surface area contributed by atoms with Crippen LogP contribution >= 0.6 is 23.2 Å². The van der Waals surface area contributed by atoms with Crippen LogP contribution in [0, 0.1) is 12.8 Å². The van der Waals surface area contributed by atoms with E-state index in [1.807, 2.05) is 0 Å². The molecular formula is C21H20Cl2F3NO3. The van der Waals surface area contributed by atoms with Gasteiger partial charge in [-0.2, -0.15) is 13.2 Å². The maximum absolute atomic E-state index is 14.3. The molecule has 0 aliphatic rings. The number of aromatic carboxylic acids is 1. The van der Waals surface area contributed by atoms with E-state index >= 15 is 0 Å². The van der Waals surface area contributed by atoms with Gasteiger partial charge in [0.1, 0.15) is 0 Å². The first kappa shape index (κ1) is 24.0. The van der Waals surface area contributed by atoms with Gasteiger partial charge < -0.3 is 9.94 Å². The van der Waals surface area contributed by atoms with Crippen LogP contribution in [0.5, 0.6) is 0 Å². The van der Waals surface area contributed by atoms with E-state index in [0.29, 0.717) is 11.1 Å². The van der Waals surface area contributed by atoms with E-state index in [9.17, 15) is 18.0 Å². The molecule has 0 radical (unpaired) electrons. The Balaban J connectivity index is 2.56. The summed E-state index contributed by atoms with van der Waals surface area (Å²) in [5, 5.41) is 13.0. The van der Waals surface area contributed by atoms with Crippen molar-refractivity contribution in [2.75, 3.05) is 0 Å². The van der Waals surface area contributed by atoms with Crippen LogP contribution in [0.4, 0.5) is 13.2 Å². The second-order valence-corrected chi connectivity index (χ2v) is 8.02. The summed E-state index contributed by atoms with van der Waals surface area (Å²) >= 11 is 11.9. The van der Waals surface area contributed by atoms with Crippen LogP contribution < -0.4 is 0 Å². The Morgan fingerprint density at radius 2 is 1.67 bits per heavy atom. The lowest BCUT2D eigenvalue weighted by atomic mass is 9.82. The van der Waals surface area contributed by atoms with Gasteiger partial charge in [-0.15, -0.1) is 0 Å². The Hall–Kier alpha value is -2.25. The molecule has 30 heavy (non-hydrogen) atoms. The van der Waals surface area contributed by atoms with E-state index in [-0.39, 0.29) is 26.9 Å². The Kier molecular flexibility index (Phi) is 7.09. The number of carboxylic acids is 1. The molecule has 0 saturated heterocycles. The van der Waals surface area contributed by atoms with Crippen LogP contribution in [0.1, 0.15) is 47.8 Å². The molecule has 1 N–H and O–H groups in total. The van der Waals surface area contributed by atoms with Crippen LogP contribution in [0.3, 0.4) is 0 Å². The number of nitrogens with zero attached hydrogens (tertiary/aromatic N) is 1. The van der Waals surface area contributed by atoms with Crippen molar-refractivity contribution in [3.63, 3.8) is 0 Å². The molecule has 1 unspecified atom stereocenters. The van der Waals surface area contributed by atoms with Crippen molar-refractivity contribution in [2.45, 2.75) is 39.5 Å². The SMILES string of the molecule is C/C(=N\OC(c1cc(Cl)cc(Cl)c1)(C(C)C)C(F)(F)F)c1ccc(C(=O)O)c(C)c1. The normalized spacial score (nSPS) is 14.5. The number of aryl methyl sites for hydroxylation is 1. The summed E-state index contributed by atoms with van der Waals surface area (Å²) in [5.41, 5.74) is -1.94. The Morgan fingerprint density at radius 3 is 2.10 bits per heavy atom. The third kappa shape index (κ3) is 4.73. The van der Waals surface area contributed by atoms with E-state index in [1.54, 1.807) is 6.92 Å². The fourth-order valence-corrected chi connectivity index (χ4v) is 3.65. The highest BCUT2D eigenvalue weighted by Crippen LogP contribution is 2.49. The molecule has 2 aromatic carbocycles. The molecule has 162 valence electrons. The number of hydrogen-bond acceptors (Lipinski definition) is 3. The molecule has 0 bridgehead atoms. The van der Waals surface area contributed by atoms with Gasteiger partial charge in [-0.3, -0.25) is 0 Å². The topological polar surface area (TPSA) is 58.9 Å². The van der Waals surface area contributed by atoms with E-state index in [0.717, 1.165) is 12.1 Å². The van der Waals surface area contributed by atoms with Crippen molar-refractivity contribution in [2.24, 2.45) is 11.1 Å². The number of benzene rings is 2. The van der Waals surface area contributed by atoms with Gasteiger partial charge in [0.2, 0.25) is 0 Å². The quantitative estimate of drug-likeness (QED) is 0.377. The number of hydrogen-bond donors (Lipinski definition) is 1. The number of carbonyl (C=O) groups is 1. The van der Waals surface area contributed by atoms with Crippen molar-refractivity contribution >= 4 is 34.9 Å². The van der Waals surface area contributed by atoms with Gasteiger partial charge in [-0.05, 0) is 55.3 Å². The van der Waals surface area contributed by atoms with Crippen molar-refractivity contribution in [3.8, 4) is 0 Å². The van der Waals surface area contributed by atoms with Crippen molar-refractivity contribution in [1.82, 2.24) is 0 Å². The van der Waals surface area contributed by atoms with Gasteiger partial charge in [0.25, 0.3) is 5.60 Å². The van der Waals surface area contributed by atoms with Crippen molar-refractivity contribution < 1.29 is 27.9 Å². The first-order valence-corrected chi connectivity index (χ1v) is 9.65. The molecule has 0 aliphatic carbocycles. The zero-order valence-corrected chi connectivity index (χ0v) is 18.2. The molecule has 9 heteroatoms. The third-order valence-electron chi connectivity index (χ3n) is 4.73. The molecule has 2 aromatic rings. The first-order chi connectivity index (χ1) is 13.8. The lowest BCUT2D eigenvalue weighted by Gasteiger charge is -2.37. The van der Waals surface area contributed by atoms with Crippen LogP contribution in [0.2, 0.25) is 10.0 Å². The molecule has 0 aromatic heterocycles. The van der Waals surface area contributed by atoms with Crippen LogP contribution in [0.15, 0.2) is 41.6 Å². The Labute approximate surface area is 182 Å². The molecular weight excluding hydrogens is 442 g/mol. The van der Waals surface area contributed by atoms with E-state index in [4.69, 9.17) is 33.1 Å². The minimum atomic E-state index is -4.83. The lowest BCUT2D eigenvalue weighted by molar-refractivity contribution is -0.302. The summed E-state index contributed by atoms with van der Waals surface area (Å²) in [6.07, 6.45) is -4.83. The average molecular weight is 462 g/mol. The molecule has 4 nitrogen and oxygen atoms in total. The average Bonchev–Trinajstić information content (AvgIpc) is 2.59. The molecule has 0 heterocycles. The maximum Gasteiger partial charge on any atom is 0.435 e. The standard InChI is InChI=1S/C21H20Cl2F3NO3/c1-11(2)20(21(24,25)26,15-8-16(22)10-17(23)9-15)30-27-13(4)14-5-6-18(19(28)29)12(3)7-14/h5-11H,1-4H3,(H,28,29)/b27-13+. The summed E-state index contributed by atoms with van der Waals surface area (Å²) in [5.74, 6) is -2.17. The van der Waals surface area contributed by atoms with Gasteiger partial charge in [-0.1, -0.05) is 48.3 Å². The number of carboxylic acid groups (broad SMARTS) is 1. The van der Waals surface area contributed by atoms with Crippen LogP contribution in [0.25, 0.3) is 0 Å². The molecule has 0 saturated carbocycles. The van der Waals surface area contributed by atoms with Gasteiger partial charge in [-0.25, -0.2) is 4.79 Å². The lowest BCUT2D eigenvalue weighted by Crippen LogP contribution is -2.48. The summed E-state index contributed by atoms with van der Waals surface area (Å²) in [7, 11) is 0. The molecule has 0 aliphatic heterocycles. The number of alkyl halides is 3. The Morgan fingerprint density at radius 1 is 1.10 bits per heavy atom. The number of rotatable bonds is 6. The van der Waals surface area contributed by atoms with Crippen LogP contribution in [-0.2, 0) is 10.4 Å². The van der Waals surface area contributed by atoms with Crippen molar-refractivity contribution in [1.29, 1.82) is 0 Å². The largest absolute Gasteiger partial charge is 0.478 e. The van der Waals surface area contributed by atoms with Gasteiger partial charge in [0.15, 0.2) is 0 Å². The van der Waals surface area contributed by atoms with Gasteiger partial charge in [0, 0.05) is 21.5 Å². The zero-order valence-electron chi connectivity index (χ0n) is 16.6. The van der Waals surface area contributed by atoms with E-state index < -0.39 is 23.7 Å². The van der Waals surface area contributed by atoms with Crippen molar-refractivity contribution in [3.05, 3.63) is 68.7 Å². The first-order valence-electron chi connectivity index (χ1n) is 8.90. The summed E-state index contributed by atoms with van der Waals surface area (Å²) in [6, 6.07) is 7.97. The molecule has 0 spiro atoms. The highest BCUT2D eigenvalue weighted by molar-refractivity contribution is 6.34. The van der Waals surface area contributed by atoms with Gasteiger partial charge >= 0.3 is 12.1 Å². The minimum Gasteiger partial charge on any atom is -0.478 e. The molecule has 1 atom stereocenters. The smallest absolute Gasteiger partial charge is 0.435 e. The maximum atomic E-state index is 14.3. The second-order valence-electron chi connectivity index (χ2n) is 7.15. The van der Waals surface area contributed by atoms with E-state index in [1.165, 1.54) is 45.0 Å². The molecule has 0 fully saturated rings. The second kappa shape index (κ2) is 8.86. The molecule has 2 rings (SSSR count). The fraction of sp³-hybridized carbons (Fsp3) is 0.333.